The predicted octanol–water partition coefficient (Wildman–Crippen LogP) is 6.66. The van der Waals surface area contributed by atoms with Crippen LogP contribution in [0.1, 0.15) is 136 Å². The lowest BCUT2D eigenvalue weighted by atomic mass is 9.53. The predicted molar refractivity (Wildman–Crippen MR) is 181 cm³/mol. The molecule has 0 aromatic heterocycles. The Morgan fingerprint density at radius 3 is 0.938 bits per heavy atom. The van der Waals surface area contributed by atoms with Crippen molar-refractivity contribution in [3.63, 3.8) is 0 Å². The van der Waals surface area contributed by atoms with E-state index in [1.54, 1.807) is 0 Å². The summed E-state index contributed by atoms with van der Waals surface area (Å²) in [6.07, 6.45) is 15.5. The van der Waals surface area contributed by atoms with E-state index in [9.17, 15) is 38.9 Å². The van der Waals surface area contributed by atoms with Gasteiger partial charge < -0.3 is 13.7 Å². The first-order valence-electron chi connectivity index (χ1n) is 19.4. The maximum atomic E-state index is 12.3. The maximum absolute atomic E-state index is 12.3. The van der Waals surface area contributed by atoms with Crippen LogP contribution in [0.2, 0.25) is 0 Å². The zero-order chi connectivity index (χ0) is 34.6. The third-order valence-electron chi connectivity index (χ3n) is 15.6. The van der Waals surface area contributed by atoms with E-state index in [2.05, 4.69) is 13.8 Å². The second-order valence-corrected chi connectivity index (χ2v) is 22.3. The zero-order valence-electron chi connectivity index (χ0n) is 29.0. The Morgan fingerprint density at radius 1 is 0.375 bits per heavy atom. The van der Waals surface area contributed by atoms with Gasteiger partial charge in [-0.1, -0.05) is 26.7 Å². The Bertz CT molecular complexity index is 1450. The normalized spacial score (nSPS) is 45.8. The van der Waals surface area contributed by atoms with Crippen LogP contribution in [-0.2, 0) is 30.4 Å². The fraction of sp³-hybridized carbons (Fsp3) is 1.00. The first-order chi connectivity index (χ1) is 22.6. The molecule has 15 unspecified atom stereocenters. The minimum absolute atomic E-state index is 0.163. The summed E-state index contributed by atoms with van der Waals surface area (Å²) in [5.41, 5.74) is 0. The lowest BCUT2D eigenvalue weighted by molar-refractivity contribution is -0.0210. The standard InChI is InChI=1S/C36H62O9S3/c1-3-22-5-8-26(35-20-29(47(40,41)42)11-14-31(22)35)18-25-9-10-27(36-21-30(48(43,44)45)13-16-33(25)36)17-24-7-6-23(4-2)34-19-28(46(37,38)39)12-15-32(24)34/h22-36H,3-21H2,1-2H3,(H,37,38,39)(H,40,41,42)(H,43,44,45)/p-3. The van der Waals surface area contributed by atoms with Gasteiger partial charge in [0.25, 0.3) is 0 Å². The number of fused-ring (bicyclic) bond motifs is 3. The van der Waals surface area contributed by atoms with Crippen LogP contribution in [0.25, 0.3) is 0 Å². The summed E-state index contributed by atoms with van der Waals surface area (Å²) < 4.78 is 109. The molecule has 278 valence electrons. The highest BCUT2D eigenvalue weighted by Gasteiger charge is 2.50. The van der Waals surface area contributed by atoms with Crippen molar-refractivity contribution in [2.24, 2.45) is 71.0 Å². The molecule has 6 saturated carbocycles. The molecule has 15 atom stereocenters. The topological polar surface area (TPSA) is 172 Å². The molecule has 0 radical (unpaired) electrons. The SMILES string of the molecule is CCC1CCC(CC2CCC(CC3CCC(CC)C4CC(S(=O)(=O)[O-])CCC34)C3CC(S(=O)(=O)[O-])CCC23)C2CC(S(=O)(=O)[O-])CCC12. The molecule has 48 heavy (non-hydrogen) atoms. The Kier molecular flexibility index (Phi) is 11.4. The summed E-state index contributed by atoms with van der Waals surface area (Å²) in [6, 6.07) is 0. The quantitative estimate of drug-likeness (QED) is 0.235. The first-order valence-corrected chi connectivity index (χ1v) is 23.8. The van der Waals surface area contributed by atoms with Gasteiger partial charge in [-0.2, -0.15) is 0 Å². The van der Waals surface area contributed by atoms with Gasteiger partial charge in [-0.05, 0) is 180 Å². The maximum Gasteiger partial charge on any atom is 0.0975 e. The van der Waals surface area contributed by atoms with E-state index in [1.807, 2.05) is 0 Å². The molecule has 0 amide bonds. The average molecular weight is 732 g/mol. The second-order valence-electron chi connectivity index (χ2n) is 17.3. The molecule has 0 saturated heterocycles. The lowest BCUT2D eigenvalue weighted by Crippen LogP contribution is -2.47. The van der Waals surface area contributed by atoms with Crippen LogP contribution in [-0.4, -0.2) is 54.7 Å². The van der Waals surface area contributed by atoms with Gasteiger partial charge in [0.05, 0.1) is 30.4 Å². The minimum Gasteiger partial charge on any atom is -0.748 e. The summed E-state index contributed by atoms with van der Waals surface area (Å²) in [6.45, 7) is 4.39. The molecule has 0 N–H and O–H groups in total. The number of hydrogen-bond donors (Lipinski definition) is 0. The summed E-state index contributed by atoms with van der Waals surface area (Å²) in [5.74, 6) is 4.43. The highest BCUT2D eigenvalue weighted by atomic mass is 32.2. The van der Waals surface area contributed by atoms with Gasteiger partial charge in [0, 0.05) is 15.7 Å². The molecule has 0 spiro atoms. The van der Waals surface area contributed by atoms with Crippen molar-refractivity contribution in [3.05, 3.63) is 0 Å². The first kappa shape index (κ1) is 37.5. The number of hydrogen-bond acceptors (Lipinski definition) is 9. The Morgan fingerprint density at radius 2 is 0.625 bits per heavy atom. The molecule has 6 aliphatic carbocycles. The van der Waals surface area contributed by atoms with Crippen molar-refractivity contribution in [1.82, 2.24) is 0 Å². The molecule has 6 fully saturated rings. The summed E-state index contributed by atoms with van der Waals surface area (Å²) in [5, 5.41) is -2.41. The minimum atomic E-state index is -4.40. The monoisotopic (exact) mass is 731 g/mol. The van der Waals surface area contributed by atoms with E-state index in [1.165, 1.54) is 0 Å². The van der Waals surface area contributed by atoms with Gasteiger partial charge in [0.15, 0.2) is 0 Å². The van der Waals surface area contributed by atoms with Gasteiger partial charge in [-0.25, -0.2) is 25.3 Å². The van der Waals surface area contributed by atoms with Crippen molar-refractivity contribution in [3.8, 4) is 0 Å². The van der Waals surface area contributed by atoms with Crippen LogP contribution in [0.5, 0.6) is 0 Å². The second kappa shape index (κ2) is 14.6. The van der Waals surface area contributed by atoms with E-state index >= 15 is 0 Å². The Hall–Kier alpha value is -0.270. The Balaban J connectivity index is 1.20. The summed E-state index contributed by atoms with van der Waals surface area (Å²) in [4.78, 5) is 0. The van der Waals surface area contributed by atoms with Crippen molar-refractivity contribution in [1.29, 1.82) is 0 Å². The highest BCUT2D eigenvalue weighted by Crippen LogP contribution is 2.58. The van der Waals surface area contributed by atoms with Crippen molar-refractivity contribution < 1.29 is 38.9 Å². The molecule has 6 rings (SSSR count). The average Bonchev–Trinajstić information content (AvgIpc) is 3.04. The molecule has 0 aliphatic heterocycles. The third-order valence-corrected chi connectivity index (χ3v) is 19.3. The highest BCUT2D eigenvalue weighted by molar-refractivity contribution is 7.86. The van der Waals surface area contributed by atoms with Crippen molar-refractivity contribution in [2.45, 2.75) is 152 Å². The van der Waals surface area contributed by atoms with Crippen LogP contribution in [0.15, 0.2) is 0 Å². The molecule has 0 aromatic rings. The van der Waals surface area contributed by atoms with Crippen LogP contribution in [0, 0.1) is 71.0 Å². The lowest BCUT2D eigenvalue weighted by Gasteiger charge is -2.54. The smallest absolute Gasteiger partial charge is 0.0975 e. The largest absolute Gasteiger partial charge is 0.748 e. The van der Waals surface area contributed by atoms with E-state index < -0.39 is 46.1 Å². The fourth-order valence-corrected chi connectivity index (χ4v) is 15.9. The van der Waals surface area contributed by atoms with E-state index in [0.29, 0.717) is 91.8 Å². The van der Waals surface area contributed by atoms with E-state index in [-0.39, 0.29) is 17.8 Å². The van der Waals surface area contributed by atoms with Crippen LogP contribution >= 0.6 is 0 Å². The molecule has 12 heteroatoms. The van der Waals surface area contributed by atoms with Crippen LogP contribution in [0.4, 0.5) is 0 Å². The van der Waals surface area contributed by atoms with Gasteiger partial charge in [0.1, 0.15) is 0 Å². The summed E-state index contributed by atoms with van der Waals surface area (Å²) in [7, 11) is -13.0. The third kappa shape index (κ3) is 7.88. The number of rotatable bonds is 9. The van der Waals surface area contributed by atoms with Gasteiger partial charge in [-0.15, -0.1) is 0 Å². The van der Waals surface area contributed by atoms with Gasteiger partial charge in [-0.3, -0.25) is 0 Å². The fourth-order valence-electron chi connectivity index (χ4n) is 13.3. The zero-order valence-corrected chi connectivity index (χ0v) is 31.4. The van der Waals surface area contributed by atoms with Crippen LogP contribution in [0.3, 0.4) is 0 Å². The molecule has 0 aromatic carbocycles. The molecule has 6 aliphatic rings. The van der Waals surface area contributed by atoms with E-state index in [4.69, 9.17) is 0 Å². The van der Waals surface area contributed by atoms with Gasteiger partial charge in [0.2, 0.25) is 0 Å². The molecule has 0 bridgehead atoms. The van der Waals surface area contributed by atoms with Crippen LogP contribution < -0.4 is 0 Å². The van der Waals surface area contributed by atoms with E-state index in [0.717, 1.165) is 83.5 Å². The van der Waals surface area contributed by atoms with Crippen molar-refractivity contribution in [2.75, 3.05) is 0 Å². The molecular formula is C36H59O9S3-3. The van der Waals surface area contributed by atoms with Gasteiger partial charge >= 0.3 is 0 Å². The van der Waals surface area contributed by atoms with Crippen molar-refractivity contribution >= 4 is 30.4 Å². The molecule has 9 nitrogen and oxygen atoms in total. The molecule has 0 heterocycles. The molecular weight excluding hydrogens is 673 g/mol. The summed E-state index contributed by atoms with van der Waals surface area (Å²) >= 11 is 0. The Labute approximate surface area is 290 Å².